The fourth-order valence-corrected chi connectivity index (χ4v) is 7.77. The van der Waals surface area contributed by atoms with Crippen LogP contribution in [0.4, 0.5) is 40.2 Å². The van der Waals surface area contributed by atoms with Crippen molar-refractivity contribution in [1.82, 2.24) is 0 Å². The van der Waals surface area contributed by atoms with Gasteiger partial charge >= 0.3 is 31.3 Å². The Bertz CT molecular complexity index is 1640. The first-order valence-corrected chi connectivity index (χ1v) is 18.3. The maximum absolute atomic E-state index is 9.75. The van der Waals surface area contributed by atoms with E-state index in [2.05, 4.69) is 119 Å². The number of hydrogen-bond donors (Lipinski definition) is 0. The van der Waals surface area contributed by atoms with Gasteiger partial charge in [-0.1, -0.05) is 52.0 Å². The first-order valence-electron chi connectivity index (χ1n) is 16.8. The fourth-order valence-electron chi connectivity index (χ4n) is 4.91. The maximum Gasteiger partial charge on any atom is 2.00 e. The van der Waals surface area contributed by atoms with Gasteiger partial charge in [-0.3, -0.25) is 0 Å². The van der Waals surface area contributed by atoms with Gasteiger partial charge in [0.1, 0.15) is 37.0 Å². The van der Waals surface area contributed by atoms with Gasteiger partial charge in [-0.05, 0) is 60.4 Å². The van der Waals surface area contributed by atoms with Crippen LogP contribution in [0.5, 0.6) is 0 Å². The number of hydrogen-bond acceptors (Lipinski definition) is 7. The molecule has 2 aliphatic heterocycles. The molecule has 3 aromatic rings. The predicted molar refractivity (Wildman–Crippen MR) is 206 cm³/mol. The van der Waals surface area contributed by atoms with E-state index in [1.165, 1.54) is 35.4 Å². The molecule has 0 N–H and O–H groups in total. The summed E-state index contributed by atoms with van der Waals surface area (Å²) in [5.74, 6) is 2.40. The third-order valence-electron chi connectivity index (χ3n) is 7.41. The molecular weight excluding hydrogens is 798 g/mol. The number of nitrogens with zero attached hydrogens (tertiary/aromatic N) is 5. The van der Waals surface area contributed by atoms with Crippen LogP contribution in [0, 0.1) is 34.5 Å². The minimum absolute atomic E-state index is 0. The molecule has 0 amide bonds. The predicted octanol–water partition coefficient (Wildman–Crippen LogP) is 8.50. The molecule has 55 heavy (non-hydrogen) atoms. The third kappa shape index (κ3) is 18.9. The van der Waals surface area contributed by atoms with Crippen LogP contribution in [0.1, 0.15) is 52.7 Å². The molecule has 2 aliphatic rings. The summed E-state index contributed by atoms with van der Waals surface area (Å²) in [5.41, 5.74) is 3.36. The molecule has 19 heteroatoms. The summed E-state index contributed by atoms with van der Waals surface area (Å²) in [6, 6.07) is 30.1. The van der Waals surface area contributed by atoms with Crippen molar-refractivity contribution in [3.63, 3.8) is 0 Å². The van der Waals surface area contributed by atoms with E-state index in [-0.39, 0.29) is 28.9 Å². The number of ether oxygens (including phenoxy) is 2. The molecule has 0 saturated heterocycles. The zero-order chi connectivity index (χ0) is 41.2. The summed E-state index contributed by atoms with van der Waals surface area (Å²) in [4.78, 5) is 12.2. The molecule has 2 atom stereocenters. The van der Waals surface area contributed by atoms with E-state index < -0.39 is 22.4 Å². The fraction of sp³-hybridized carbons (Fsp3) is 0.389. The second kappa shape index (κ2) is 24.4. The zero-order valence-electron chi connectivity index (χ0n) is 31.7. The Morgan fingerprint density at radius 2 is 0.964 bits per heavy atom. The van der Waals surface area contributed by atoms with Crippen molar-refractivity contribution in [2.24, 2.45) is 21.8 Å². The largest absolute Gasteiger partial charge is 2.00 e. The van der Waals surface area contributed by atoms with E-state index in [0.717, 1.165) is 22.9 Å². The van der Waals surface area contributed by atoms with E-state index >= 15 is 0 Å². The van der Waals surface area contributed by atoms with Crippen LogP contribution in [-0.2, 0) is 26.3 Å². The zero-order valence-corrected chi connectivity index (χ0v) is 33.8. The van der Waals surface area contributed by atoms with E-state index in [0.29, 0.717) is 25.0 Å². The number of anilines is 1. The van der Waals surface area contributed by atoms with Gasteiger partial charge in [0.2, 0.25) is 11.8 Å². The van der Waals surface area contributed by atoms with Crippen LogP contribution in [0.15, 0.2) is 82.8 Å². The standard InChI is InChI=1S/C32H38N3O2P.2C2H3N.2BF4.Co/c1-21(2)27-19-36-31(33-27)25-11-7-9-13-29(25)38(24-17-15-23(16-18-24)35(5)6)30-14-10-8-12-26(30)32-34-28(20-37-32)22(3)4;2*1-2-3;2*2-1(3,4)5;/h7-18,21-22,27-28H,19-20H2,1-6H3;2*1H3;;;/q;;;2*-1;+2/p+1/t27-,28-;;;;;/m1...../s1. The van der Waals surface area contributed by atoms with Crippen molar-refractivity contribution in [2.75, 3.05) is 32.2 Å². The van der Waals surface area contributed by atoms with Crippen LogP contribution >= 0.6 is 7.92 Å². The van der Waals surface area contributed by atoms with Crippen molar-refractivity contribution in [3.8, 4) is 12.1 Å². The Morgan fingerprint density at radius 1 is 0.655 bits per heavy atom. The summed E-state index contributed by atoms with van der Waals surface area (Å²) in [6.07, 6.45) is 0. The van der Waals surface area contributed by atoms with Gasteiger partial charge in [0.25, 0.3) is 0 Å². The van der Waals surface area contributed by atoms with E-state index in [1.54, 1.807) is 12.1 Å². The average molecular weight is 843 g/mol. The third-order valence-corrected chi connectivity index (χ3v) is 10.3. The Kier molecular flexibility index (Phi) is 22.6. The Morgan fingerprint density at radius 3 is 1.24 bits per heavy atom. The van der Waals surface area contributed by atoms with Gasteiger partial charge in [-0.15, -0.1) is 0 Å². The molecule has 2 heterocycles. The van der Waals surface area contributed by atoms with Crippen molar-refractivity contribution in [2.45, 2.75) is 53.6 Å². The molecule has 5 rings (SSSR count). The molecule has 0 bridgehead atoms. The molecule has 0 fully saturated rings. The van der Waals surface area contributed by atoms with E-state index in [4.69, 9.17) is 30.0 Å². The van der Waals surface area contributed by atoms with Crippen molar-refractivity contribution < 1.29 is 60.8 Å². The topological polar surface area (TPSA) is 94.0 Å². The van der Waals surface area contributed by atoms with Crippen molar-refractivity contribution >= 4 is 55.8 Å². The summed E-state index contributed by atoms with van der Waals surface area (Å²) < 4.78 is 90.4. The molecule has 1 radical (unpaired) electrons. The average Bonchev–Trinajstić information content (AvgIpc) is 3.77. The molecule has 0 aromatic heterocycles. The van der Waals surface area contributed by atoms with Crippen LogP contribution < -0.4 is 20.8 Å². The normalized spacial score (nSPS) is 15.6. The van der Waals surface area contributed by atoms with Gasteiger partial charge < -0.3 is 48.9 Å². The second-order valence-electron chi connectivity index (χ2n) is 12.5. The molecule has 0 spiro atoms. The SMILES string of the molecule is CC#N.CC#N.CC(C)[C@H]1COC(c2ccccc2[PH+](c2ccc(N(C)C)cc2)c2ccccc2C2=N[C@@H](C(C)C)CO2)=N1.F[B-](F)(F)F.F[B-](F)(F)F.[Co+2]. The number of nitriles is 2. The number of aliphatic imine (C=N–C) groups is 2. The molecule has 0 unspecified atom stereocenters. The smallest absolute Gasteiger partial charge is 0.475 e. The minimum Gasteiger partial charge on any atom is -0.475 e. The molecule has 7 nitrogen and oxygen atoms in total. The molecule has 3 aromatic carbocycles. The van der Waals surface area contributed by atoms with Crippen LogP contribution in [-0.4, -0.2) is 65.7 Å². The van der Waals surface area contributed by atoms with Gasteiger partial charge in [-0.2, -0.15) is 10.5 Å². The van der Waals surface area contributed by atoms with Crippen LogP contribution in [0.25, 0.3) is 0 Å². The summed E-state index contributed by atoms with van der Waals surface area (Å²) in [5, 5.41) is 18.5. The Hall–Kier alpha value is -4.11. The Labute approximate surface area is 330 Å². The van der Waals surface area contributed by atoms with E-state index in [9.17, 15) is 34.5 Å². The van der Waals surface area contributed by atoms with Crippen molar-refractivity contribution in [1.29, 1.82) is 10.5 Å². The van der Waals surface area contributed by atoms with Gasteiger partial charge in [0.05, 0.1) is 35.3 Å². The minimum atomic E-state index is -6.00. The Balaban J connectivity index is 0.00000146. The monoisotopic (exact) mass is 843 g/mol. The van der Waals surface area contributed by atoms with Gasteiger partial charge in [0, 0.05) is 33.6 Å². The van der Waals surface area contributed by atoms with Gasteiger partial charge in [0.15, 0.2) is 0 Å². The van der Waals surface area contributed by atoms with Crippen molar-refractivity contribution in [3.05, 3.63) is 83.9 Å². The first-order chi connectivity index (χ1) is 25.2. The number of rotatable bonds is 8. The number of benzene rings is 3. The molecule has 0 aliphatic carbocycles. The summed E-state index contributed by atoms with van der Waals surface area (Å²) in [6.45, 7) is 13.0. The maximum atomic E-state index is 9.75. The number of halogens is 8. The van der Waals surface area contributed by atoms with Gasteiger partial charge in [-0.25, -0.2) is 9.98 Å². The molecular formula is C36H45B2CoF8N5O2P+. The first kappa shape index (κ1) is 50.9. The second-order valence-corrected chi connectivity index (χ2v) is 14.9. The summed E-state index contributed by atoms with van der Waals surface area (Å²) in [7, 11) is -9.31. The van der Waals surface area contributed by atoms with Crippen LogP contribution in [0.2, 0.25) is 0 Å². The molecule has 0 saturated carbocycles. The van der Waals surface area contributed by atoms with Crippen LogP contribution in [0.3, 0.4) is 0 Å². The summed E-state index contributed by atoms with van der Waals surface area (Å²) >= 11 is 0. The molecule has 301 valence electrons. The van der Waals surface area contributed by atoms with E-state index in [1.807, 2.05) is 0 Å². The quantitative estimate of drug-likeness (QED) is 0.129.